The fourth-order valence-electron chi connectivity index (χ4n) is 2.36. The van der Waals surface area contributed by atoms with E-state index in [9.17, 15) is 9.90 Å². The smallest absolute Gasteiger partial charge is 0.339 e. The zero-order chi connectivity index (χ0) is 13.9. The first-order chi connectivity index (χ1) is 9.00. The van der Waals surface area contributed by atoms with Crippen LogP contribution in [-0.4, -0.2) is 28.4 Å². The van der Waals surface area contributed by atoms with Gasteiger partial charge in [0, 0.05) is 4.47 Å². The molecule has 1 aromatic rings. The lowest BCUT2D eigenvalue weighted by atomic mass is 9.85. The van der Waals surface area contributed by atoms with Gasteiger partial charge in [0.15, 0.2) is 0 Å². The summed E-state index contributed by atoms with van der Waals surface area (Å²) in [6.07, 6.45) is 4.54. The predicted molar refractivity (Wildman–Crippen MR) is 74.6 cm³/mol. The second kappa shape index (κ2) is 5.92. The number of hydrogen-bond donors (Lipinski definition) is 2. The summed E-state index contributed by atoms with van der Waals surface area (Å²) in [5.74, 6) is -0.737. The summed E-state index contributed by atoms with van der Waals surface area (Å²) in [7, 11) is 0. The fourth-order valence-corrected chi connectivity index (χ4v) is 2.70. The van der Waals surface area contributed by atoms with Crippen molar-refractivity contribution in [1.29, 1.82) is 0 Å². The number of ether oxygens (including phenoxy) is 1. The van der Waals surface area contributed by atoms with E-state index >= 15 is 0 Å². The zero-order valence-electron chi connectivity index (χ0n) is 10.6. The minimum atomic E-state index is -1.03. The van der Waals surface area contributed by atoms with E-state index in [0.717, 1.165) is 23.7 Å². The molecule has 1 aliphatic carbocycles. The van der Waals surface area contributed by atoms with Crippen molar-refractivity contribution in [3.63, 3.8) is 0 Å². The standard InChI is InChI=1S/C14H17BrO4/c15-10-4-5-11(13(16)17)12(8-10)19-9-14(18)6-2-1-3-7-14/h4-5,8,18H,1-3,6-7,9H2,(H,16,17). The van der Waals surface area contributed by atoms with E-state index in [4.69, 9.17) is 9.84 Å². The quantitative estimate of drug-likeness (QED) is 0.890. The van der Waals surface area contributed by atoms with Crippen molar-refractivity contribution < 1.29 is 19.7 Å². The van der Waals surface area contributed by atoms with E-state index in [1.54, 1.807) is 12.1 Å². The molecule has 2 N–H and O–H groups in total. The van der Waals surface area contributed by atoms with Crippen molar-refractivity contribution in [3.05, 3.63) is 28.2 Å². The van der Waals surface area contributed by atoms with Crippen LogP contribution in [0.25, 0.3) is 0 Å². The number of carboxylic acid groups (broad SMARTS) is 1. The molecule has 0 aromatic heterocycles. The monoisotopic (exact) mass is 328 g/mol. The maximum Gasteiger partial charge on any atom is 0.339 e. The van der Waals surface area contributed by atoms with Gasteiger partial charge >= 0.3 is 5.97 Å². The summed E-state index contributed by atoms with van der Waals surface area (Å²) in [6, 6.07) is 4.77. The summed E-state index contributed by atoms with van der Waals surface area (Å²) in [5.41, 5.74) is -0.710. The lowest BCUT2D eigenvalue weighted by Gasteiger charge is -2.31. The Balaban J connectivity index is 2.10. The van der Waals surface area contributed by atoms with Gasteiger partial charge < -0.3 is 14.9 Å². The first-order valence-electron chi connectivity index (χ1n) is 6.38. The van der Waals surface area contributed by atoms with E-state index in [1.165, 1.54) is 6.07 Å². The third-order valence-electron chi connectivity index (χ3n) is 3.45. The van der Waals surface area contributed by atoms with Crippen molar-refractivity contribution in [1.82, 2.24) is 0 Å². The molecule has 1 aliphatic rings. The highest BCUT2D eigenvalue weighted by Gasteiger charge is 2.30. The predicted octanol–water partition coefficient (Wildman–Crippen LogP) is 3.22. The van der Waals surface area contributed by atoms with Gasteiger partial charge in [-0.25, -0.2) is 4.79 Å². The van der Waals surface area contributed by atoms with E-state index in [1.807, 2.05) is 0 Å². The minimum absolute atomic E-state index is 0.114. The summed E-state index contributed by atoms with van der Waals surface area (Å²) in [5, 5.41) is 19.4. The molecule has 0 saturated heterocycles. The molecule has 0 spiro atoms. The van der Waals surface area contributed by atoms with Crippen LogP contribution in [0.2, 0.25) is 0 Å². The average molecular weight is 329 g/mol. The molecule has 0 atom stereocenters. The Bertz CT molecular complexity index is 467. The number of benzene rings is 1. The van der Waals surface area contributed by atoms with Crippen LogP contribution in [0, 0.1) is 0 Å². The van der Waals surface area contributed by atoms with Crippen LogP contribution >= 0.6 is 15.9 Å². The average Bonchev–Trinajstić information content (AvgIpc) is 2.37. The number of carbonyl (C=O) groups is 1. The van der Waals surface area contributed by atoms with Gasteiger partial charge in [-0.05, 0) is 31.0 Å². The Morgan fingerprint density at radius 3 is 2.63 bits per heavy atom. The molecule has 0 radical (unpaired) electrons. The number of carboxylic acids is 1. The third-order valence-corrected chi connectivity index (χ3v) is 3.95. The molecular weight excluding hydrogens is 312 g/mol. The minimum Gasteiger partial charge on any atom is -0.490 e. The second-order valence-electron chi connectivity index (χ2n) is 5.02. The molecule has 2 rings (SSSR count). The molecule has 19 heavy (non-hydrogen) atoms. The summed E-state index contributed by atoms with van der Waals surface area (Å²) < 4.78 is 6.31. The van der Waals surface area contributed by atoms with Gasteiger partial charge in [-0.2, -0.15) is 0 Å². The molecule has 104 valence electrons. The van der Waals surface area contributed by atoms with E-state index in [-0.39, 0.29) is 12.2 Å². The van der Waals surface area contributed by atoms with E-state index in [2.05, 4.69) is 15.9 Å². The Morgan fingerprint density at radius 2 is 2.00 bits per heavy atom. The lowest BCUT2D eigenvalue weighted by Crippen LogP contribution is -2.38. The second-order valence-corrected chi connectivity index (χ2v) is 5.93. The maximum absolute atomic E-state index is 11.1. The van der Waals surface area contributed by atoms with Crippen molar-refractivity contribution in [2.24, 2.45) is 0 Å². The third kappa shape index (κ3) is 3.70. The zero-order valence-corrected chi connectivity index (χ0v) is 12.1. The molecule has 5 heteroatoms. The summed E-state index contributed by atoms with van der Waals surface area (Å²) in [6.45, 7) is 0.143. The summed E-state index contributed by atoms with van der Waals surface area (Å²) in [4.78, 5) is 11.1. The highest BCUT2D eigenvalue weighted by molar-refractivity contribution is 9.10. The fraction of sp³-hybridized carbons (Fsp3) is 0.500. The Hall–Kier alpha value is -1.07. The molecule has 0 amide bonds. The molecule has 4 nitrogen and oxygen atoms in total. The first-order valence-corrected chi connectivity index (χ1v) is 7.17. The van der Waals surface area contributed by atoms with Crippen molar-refractivity contribution >= 4 is 21.9 Å². The Labute approximate surface area is 120 Å². The normalized spacial score (nSPS) is 18.0. The first kappa shape index (κ1) is 14.3. The molecular formula is C14H17BrO4. The molecule has 1 aromatic carbocycles. The molecule has 0 unspecified atom stereocenters. The van der Waals surface area contributed by atoms with Gasteiger partial charge in [-0.3, -0.25) is 0 Å². The van der Waals surface area contributed by atoms with Crippen molar-refractivity contribution in [2.75, 3.05) is 6.61 Å². The van der Waals surface area contributed by atoms with Crippen LogP contribution in [0.4, 0.5) is 0 Å². The number of rotatable bonds is 4. The molecule has 0 aliphatic heterocycles. The van der Waals surface area contributed by atoms with E-state index in [0.29, 0.717) is 18.6 Å². The highest BCUT2D eigenvalue weighted by atomic mass is 79.9. The number of aromatic carboxylic acids is 1. The molecule has 0 heterocycles. The van der Waals surface area contributed by atoms with Crippen molar-refractivity contribution in [3.8, 4) is 5.75 Å². The molecule has 0 bridgehead atoms. The Kier molecular flexibility index (Phi) is 4.47. The van der Waals surface area contributed by atoms with Crippen LogP contribution in [0.1, 0.15) is 42.5 Å². The van der Waals surface area contributed by atoms with Gasteiger partial charge in [-0.1, -0.05) is 35.2 Å². The van der Waals surface area contributed by atoms with Crippen LogP contribution < -0.4 is 4.74 Å². The SMILES string of the molecule is O=C(O)c1ccc(Br)cc1OCC1(O)CCCCC1. The van der Waals surface area contributed by atoms with Gasteiger partial charge in [0.1, 0.15) is 17.9 Å². The molecule has 1 saturated carbocycles. The van der Waals surface area contributed by atoms with Gasteiger partial charge in [0.25, 0.3) is 0 Å². The van der Waals surface area contributed by atoms with Crippen LogP contribution in [-0.2, 0) is 0 Å². The van der Waals surface area contributed by atoms with Crippen LogP contribution in [0.3, 0.4) is 0 Å². The number of halogens is 1. The number of hydrogen-bond acceptors (Lipinski definition) is 3. The number of aliphatic hydroxyl groups is 1. The topological polar surface area (TPSA) is 66.8 Å². The van der Waals surface area contributed by atoms with Crippen LogP contribution in [0.15, 0.2) is 22.7 Å². The van der Waals surface area contributed by atoms with E-state index < -0.39 is 11.6 Å². The highest BCUT2D eigenvalue weighted by Crippen LogP contribution is 2.30. The van der Waals surface area contributed by atoms with Crippen molar-refractivity contribution in [2.45, 2.75) is 37.7 Å². The van der Waals surface area contributed by atoms with Crippen LogP contribution in [0.5, 0.6) is 5.75 Å². The summed E-state index contributed by atoms with van der Waals surface area (Å²) >= 11 is 3.29. The maximum atomic E-state index is 11.1. The largest absolute Gasteiger partial charge is 0.490 e. The Morgan fingerprint density at radius 1 is 1.32 bits per heavy atom. The lowest BCUT2D eigenvalue weighted by molar-refractivity contribution is -0.0341. The van der Waals surface area contributed by atoms with Gasteiger partial charge in [-0.15, -0.1) is 0 Å². The van der Waals surface area contributed by atoms with Gasteiger partial charge in [0.2, 0.25) is 0 Å². The molecule has 1 fully saturated rings. The van der Waals surface area contributed by atoms with Gasteiger partial charge in [0.05, 0.1) is 5.60 Å².